The van der Waals surface area contributed by atoms with Gasteiger partial charge in [0.05, 0.1) is 0 Å². The lowest BCUT2D eigenvalue weighted by molar-refractivity contribution is -0.282. The van der Waals surface area contributed by atoms with Gasteiger partial charge in [-0.2, -0.15) is 0 Å². The maximum Gasteiger partial charge on any atom is 0.319 e. The van der Waals surface area contributed by atoms with Crippen molar-refractivity contribution in [3.63, 3.8) is 0 Å². The minimum absolute atomic E-state index is 0.0720. The number of carboxylic acids is 1. The molecular formula is C15H28O6. The fourth-order valence-electron chi connectivity index (χ4n) is 1.96. The van der Waals surface area contributed by atoms with E-state index in [1.165, 1.54) is 6.92 Å². The lowest BCUT2D eigenvalue weighted by Crippen LogP contribution is -2.54. The number of Topliss-reactive ketones (excluding diaryl/α,β-unsaturated/α-hetero) is 1. The molecule has 6 heteroatoms. The molecule has 0 saturated carbocycles. The van der Waals surface area contributed by atoms with Gasteiger partial charge in [-0.15, -0.1) is 0 Å². The van der Waals surface area contributed by atoms with E-state index in [1.54, 1.807) is 0 Å². The van der Waals surface area contributed by atoms with Gasteiger partial charge < -0.3 is 19.3 Å². The molecule has 124 valence electrons. The second-order valence-corrected chi connectivity index (χ2v) is 4.94. The molecule has 0 aliphatic carbocycles. The number of carboxylic acid groups (broad SMARTS) is 1. The molecule has 0 aliphatic heterocycles. The number of ketones is 1. The van der Waals surface area contributed by atoms with Gasteiger partial charge in [-0.1, -0.05) is 20.8 Å². The van der Waals surface area contributed by atoms with Crippen molar-refractivity contribution in [3.05, 3.63) is 0 Å². The van der Waals surface area contributed by atoms with Crippen LogP contribution in [-0.4, -0.2) is 49.1 Å². The first-order valence-electron chi connectivity index (χ1n) is 7.54. The average molecular weight is 304 g/mol. The fourth-order valence-corrected chi connectivity index (χ4v) is 1.96. The fraction of sp³-hybridized carbons (Fsp3) is 0.867. The summed E-state index contributed by atoms with van der Waals surface area (Å²) < 4.78 is 16.8. The van der Waals surface area contributed by atoms with Gasteiger partial charge in [0, 0.05) is 19.8 Å². The van der Waals surface area contributed by atoms with Gasteiger partial charge in [0.2, 0.25) is 5.79 Å². The predicted octanol–water partition coefficient (Wildman–Crippen LogP) is 2.25. The van der Waals surface area contributed by atoms with Crippen LogP contribution in [-0.2, 0) is 23.8 Å². The number of carbonyl (C=O) groups is 2. The maximum absolute atomic E-state index is 11.8. The minimum Gasteiger partial charge on any atom is -0.481 e. The van der Waals surface area contributed by atoms with E-state index in [4.69, 9.17) is 14.2 Å². The molecule has 0 bridgehead atoms. The molecule has 0 heterocycles. The molecule has 0 saturated heterocycles. The highest BCUT2D eigenvalue weighted by molar-refractivity contribution is 5.98. The molecule has 0 radical (unpaired) electrons. The molecule has 1 unspecified atom stereocenters. The minimum atomic E-state index is -1.56. The third kappa shape index (κ3) is 6.54. The van der Waals surface area contributed by atoms with Crippen LogP contribution in [0.15, 0.2) is 0 Å². The van der Waals surface area contributed by atoms with Crippen LogP contribution in [0.4, 0.5) is 0 Å². The zero-order chi connectivity index (χ0) is 16.3. The van der Waals surface area contributed by atoms with Gasteiger partial charge in [-0.25, -0.2) is 0 Å². The van der Waals surface area contributed by atoms with Crippen LogP contribution >= 0.6 is 0 Å². The summed E-state index contributed by atoms with van der Waals surface area (Å²) in [6.07, 6.45) is 2.17. The molecule has 0 aromatic heterocycles. The second kappa shape index (κ2) is 10.7. The number of aliphatic carboxylic acids is 1. The van der Waals surface area contributed by atoms with E-state index in [9.17, 15) is 14.7 Å². The normalized spacial score (nSPS) is 13.1. The quantitative estimate of drug-likeness (QED) is 0.319. The number of rotatable bonds is 13. The van der Waals surface area contributed by atoms with Crippen molar-refractivity contribution in [2.75, 3.05) is 26.4 Å². The number of hydrogen-bond donors (Lipinski definition) is 1. The molecule has 0 aliphatic rings. The molecule has 1 atom stereocenters. The summed E-state index contributed by atoms with van der Waals surface area (Å²) in [7, 11) is 0. The zero-order valence-electron chi connectivity index (χ0n) is 13.5. The van der Waals surface area contributed by atoms with Crippen molar-refractivity contribution < 1.29 is 28.9 Å². The standard InChI is InChI=1S/C15H28O6/c1-5-8-19-11-15(20-9-6-2,21-10-7-3)13(12(4)16)14(17)18/h13H,5-11H2,1-4H3,(H,17,18). The summed E-state index contributed by atoms with van der Waals surface area (Å²) in [5, 5.41) is 9.40. The van der Waals surface area contributed by atoms with E-state index >= 15 is 0 Å². The SMILES string of the molecule is CCCOCC(OCCC)(OCCC)C(C(C)=O)C(=O)O. The van der Waals surface area contributed by atoms with E-state index in [1.807, 2.05) is 20.8 Å². The van der Waals surface area contributed by atoms with Gasteiger partial charge in [-0.05, 0) is 26.2 Å². The van der Waals surface area contributed by atoms with Gasteiger partial charge in [-0.3, -0.25) is 9.59 Å². The Morgan fingerprint density at radius 1 is 1.00 bits per heavy atom. The lowest BCUT2D eigenvalue weighted by atomic mass is 9.94. The summed E-state index contributed by atoms with van der Waals surface area (Å²) in [6, 6.07) is 0. The smallest absolute Gasteiger partial charge is 0.319 e. The summed E-state index contributed by atoms with van der Waals surface area (Å²) in [6.45, 7) is 7.97. The van der Waals surface area contributed by atoms with Crippen LogP contribution in [0, 0.1) is 5.92 Å². The van der Waals surface area contributed by atoms with Gasteiger partial charge in [0.15, 0.2) is 5.92 Å². The molecule has 0 spiro atoms. The summed E-state index contributed by atoms with van der Waals surface area (Å²) in [4.78, 5) is 23.3. The highest BCUT2D eigenvalue weighted by Gasteiger charge is 2.49. The average Bonchev–Trinajstić information content (AvgIpc) is 2.42. The topological polar surface area (TPSA) is 82.1 Å². The molecule has 6 nitrogen and oxygen atoms in total. The van der Waals surface area contributed by atoms with Crippen molar-refractivity contribution >= 4 is 11.8 Å². The number of ether oxygens (including phenoxy) is 3. The van der Waals surface area contributed by atoms with Crippen LogP contribution in [0.1, 0.15) is 47.0 Å². The third-order valence-electron chi connectivity index (χ3n) is 2.85. The van der Waals surface area contributed by atoms with Gasteiger partial charge in [0.1, 0.15) is 12.4 Å². The van der Waals surface area contributed by atoms with Crippen molar-refractivity contribution in [3.8, 4) is 0 Å². The summed E-state index contributed by atoms with van der Waals surface area (Å²) in [5.74, 6) is -4.71. The molecular weight excluding hydrogens is 276 g/mol. The first-order chi connectivity index (χ1) is 9.95. The Balaban J connectivity index is 5.36. The van der Waals surface area contributed by atoms with Crippen molar-refractivity contribution in [1.29, 1.82) is 0 Å². The number of carbonyl (C=O) groups excluding carboxylic acids is 1. The van der Waals surface area contributed by atoms with Crippen LogP contribution in [0.25, 0.3) is 0 Å². The van der Waals surface area contributed by atoms with E-state index in [0.717, 1.165) is 6.42 Å². The Morgan fingerprint density at radius 3 is 1.81 bits per heavy atom. The first-order valence-corrected chi connectivity index (χ1v) is 7.54. The largest absolute Gasteiger partial charge is 0.481 e. The Labute approximate surface area is 126 Å². The van der Waals surface area contributed by atoms with Crippen LogP contribution in [0.3, 0.4) is 0 Å². The first kappa shape index (κ1) is 20.0. The number of hydrogen-bond acceptors (Lipinski definition) is 5. The predicted molar refractivity (Wildman–Crippen MR) is 78.1 cm³/mol. The molecule has 1 N–H and O–H groups in total. The van der Waals surface area contributed by atoms with Crippen LogP contribution in [0.5, 0.6) is 0 Å². The van der Waals surface area contributed by atoms with E-state index < -0.39 is 23.5 Å². The van der Waals surface area contributed by atoms with E-state index in [-0.39, 0.29) is 6.61 Å². The highest BCUT2D eigenvalue weighted by Crippen LogP contribution is 2.27. The highest BCUT2D eigenvalue weighted by atomic mass is 16.7. The van der Waals surface area contributed by atoms with Crippen LogP contribution in [0.2, 0.25) is 0 Å². The van der Waals surface area contributed by atoms with Crippen molar-refractivity contribution in [1.82, 2.24) is 0 Å². The Hall–Kier alpha value is -0.980. The lowest BCUT2D eigenvalue weighted by Gasteiger charge is -2.37. The summed E-state index contributed by atoms with van der Waals surface area (Å²) in [5.41, 5.74) is 0. The second-order valence-electron chi connectivity index (χ2n) is 4.94. The molecule has 0 aromatic carbocycles. The maximum atomic E-state index is 11.8. The van der Waals surface area contributed by atoms with Crippen LogP contribution < -0.4 is 0 Å². The molecule has 0 aromatic rings. The van der Waals surface area contributed by atoms with Gasteiger partial charge >= 0.3 is 5.97 Å². The molecule has 0 fully saturated rings. The van der Waals surface area contributed by atoms with E-state index in [2.05, 4.69) is 0 Å². The van der Waals surface area contributed by atoms with Gasteiger partial charge in [0.25, 0.3) is 0 Å². The molecule has 0 amide bonds. The van der Waals surface area contributed by atoms with Crippen molar-refractivity contribution in [2.24, 2.45) is 5.92 Å². The van der Waals surface area contributed by atoms with Crippen molar-refractivity contribution in [2.45, 2.75) is 52.7 Å². The van der Waals surface area contributed by atoms with E-state index in [0.29, 0.717) is 32.7 Å². The Kier molecular flexibility index (Phi) is 10.2. The zero-order valence-corrected chi connectivity index (χ0v) is 13.5. The summed E-state index contributed by atoms with van der Waals surface area (Å²) >= 11 is 0. The molecule has 21 heavy (non-hydrogen) atoms. The Bertz CT molecular complexity index is 293. The Morgan fingerprint density at radius 2 is 1.48 bits per heavy atom. The monoisotopic (exact) mass is 304 g/mol. The third-order valence-corrected chi connectivity index (χ3v) is 2.85. The molecule has 0 rings (SSSR count).